The number of aryl methyl sites for hydroxylation is 3. The predicted octanol–water partition coefficient (Wildman–Crippen LogP) is 2.16. The number of rotatable bonds is 6. The largest absolute Gasteiger partial charge is 0.466 e. The minimum atomic E-state index is -0.198. The minimum Gasteiger partial charge on any atom is -0.466 e. The zero-order chi connectivity index (χ0) is 21.1. The van der Waals surface area contributed by atoms with Gasteiger partial charge in [0.1, 0.15) is 0 Å². The Morgan fingerprint density at radius 2 is 2.07 bits per heavy atom. The number of hydrogen-bond donors (Lipinski definition) is 2. The van der Waals surface area contributed by atoms with Crippen LogP contribution in [0.4, 0.5) is 0 Å². The molecule has 8 nitrogen and oxygen atoms in total. The van der Waals surface area contributed by atoms with Gasteiger partial charge in [-0.15, -0.1) is 5.10 Å². The van der Waals surface area contributed by atoms with E-state index in [1.807, 2.05) is 40.8 Å². The molecule has 1 fully saturated rings. The Kier molecular flexibility index (Phi) is 6.39. The monoisotopic (exact) mass is 401 g/mol. The lowest BCUT2D eigenvalue weighted by atomic mass is 9.85. The molecule has 2 unspecified atom stereocenters. The second kappa shape index (κ2) is 8.80. The van der Waals surface area contributed by atoms with Crippen LogP contribution >= 0.6 is 0 Å². The van der Waals surface area contributed by atoms with E-state index in [0.29, 0.717) is 12.3 Å². The predicted molar refractivity (Wildman–Crippen MR) is 111 cm³/mol. The lowest BCUT2D eigenvalue weighted by molar-refractivity contribution is -0.128. The Labute approximate surface area is 171 Å². The van der Waals surface area contributed by atoms with Gasteiger partial charge in [0.15, 0.2) is 12.3 Å². The van der Waals surface area contributed by atoms with Crippen molar-refractivity contribution in [3.8, 4) is 5.88 Å². The van der Waals surface area contributed by atoms with Crippen molar-refractivity contribution in [2.45, 2.75) is 65.5 Å². The number of carbonyl (C=O) groups excluding carboxylic acids is 2. The van der Waals surface area contributed by atoms with Crippen molar-refractivity contribution in [2.75, 3.05) is 6.61 Å². The molecule has 2 aromatic heterocycles. The Balaban J connectivity index is 1.58. The normalized spacial score (nSPS) is 19.4. The zero-order valence-corrected chi connectivity index (χ0v) is 17.9. The molecular formula is C21H31N5O3. The molecule has 0 aromatic carbocycles. The molecule has 1 aliphatic carbocycles. The highest BCUT2D eigenvalue weighted by Gasteiger charge is 2.28. The van der Waals surface area contributed by atoms with Crippen LogP contribution in [0, 0.1) is 19.8 Å². The Morgan fingerprint density at radius 3 is 2.79 bits per heavy atom. The molecule has 2 amide bonds. The van der Waals surface area contributed by atoms with Gasteiger partial charge < -0.3 is 15.4 Å². The van der Waals surface area contributed by atoms with Gasteiger partial charge in [0.25, 0.3) is 5.91 Å². The van der Waals surface area contributed by atoms with E-state index in [2.05, 4.69) is 20.7 Å². The number of hydrogen-bond acceptors (Lipinski definition) is 5. The van der Waals surface area contributed by atoms with Gasteiger partial charge in [0, 0.05) is 30.7 Å². The third-order valence-electron chi connectivity index (χ3n) is 5.27. The first-order valence-electron chi connectivity index (χ1n) is 10.3. The SMILES string of the molecule is Cc1cc(C)c2c(OCC(=O)NC3CCCC(C(=O)NC(C)C)C3)nn(C)c2n1. The fourth-order valence-corrected chi connectivity index (χ4v) is 4.01. The summed E-state index contributed by atoms with van der Waals surface area (Å²) < 4.78 is 7.40. The van der Waals surface area contributed by atoms with Gasteiger partial charge in [-0.1, -0.05) is 6.42 Å². The third kappa shape index (κ3) is 5.05. The van der Waals surface area contributed by atoms with Crippen LogP contribution in [0.1, 0.15) is 50.8 Å². The summed E-state index contributed by atoms with van der Waals surface area (Å²) in [5.41, 5.74) is 2.67. The first-order valence-corrected chi connectivity index (χ1v) is 10.3. The third-order valence-corrected chi connectivity index (χ3v) is 5.27. The van der Waals surface area contributed by atoms with Gasteiger partial charge >= 0.3 is 0 Å². The fraction of sp³-hybridized carbons (Fsp3) is 0.619. The van der Waals surface area contributed by atoms with E-state index in [4.69, 9.17) is 4.74 Å². The van der Waals surface area contributed by atoms with Crippen molar-refractivity contribution in [1.82, 2.24) is 25.4 Å². The summed E-state index contributed by atoms with van der Waals surface area (Å²) in [4.78, 5) is 29.2. The summed E-state index contributed by atoms with van der Waals surface area (Å²) in [5.74, 6) is 0.249. The molecule has 1 saturated carbocycles. The number of fused-ring (bicyclic) bond motifs is 1. The summed E-state index contributed by atoms with van der Waals surface area (Å²) in [7, 11) is 1.81. The maximum Gasteiger partial charge on any atom is 0.258 e. The molecule has 0 spiro atoms. The Morgan fingerprint density at radius 1 is 1.31 bits per heavy atom. The van der Waals surface area contributed by atoms with Crippen LogP contribution in [-0.4, -0.2) is 45.3 Å². The summed E-state index contributed by atoms with van der Waals surface area (Å²) in [6, 6.07) is 2.09. The molecular weight excluding hydrogens is 370 g/mol. The summed E-state index contributed by atoms with van der Waals surface area (Å²) >= 11 is 0. The van der Waals surface area contributed by atoms with Crippen LogP contribution in [0.3, 0.4) is 0 Å². The smallest absolute Gasteiger partial charge is 0.258 e. The van der Waals surface area contributed by atoms with Gasteiger partial charge in [0.05, 0.1) is 5.39 Å². The van der Waals surface area contributed by atoms with E-state index in [1.54, 1.807) is 4.68 Å². The van der Waals surface area contributed by atoms with Crippen molar-refractivity contribution in [2.24, 2.45) is 13.0 Å². The standard InChI is InChI=1S/C21H31N5O3/c1-12(2)22-20(28)15-7-6-8-16(10-15)24-17(27)11-29-21-18-13(3)9-14(4)23-19(18)26(5)25-21/h9,12,15-16H,6-8,10-11H2,1-5H3,(H,22,28)(H,24,27). The highest BCUT2D eigenvalue weighted by Crippen LogP contribution is 2.27. The first kappa shape index (κ1) is 21.1. The van der Waals surface area contributed by atoms with Crippen molar-refractivity contribution in [3.63, 3.8) is 0 Å². The molecule has 2 N–H and O–H groups in total. The number of ether oxygens (including phenoxy) is 1. The summed E-state index contributed by atoms with van der Waals surface area (Å²) in [6.07, 6.45) is 3.34. The van der Waals surface area contributed by atoms with Crippen molar-refractivity contribution < 1.29 is 14.3 Å². The molecule has 0 bridgehead atoms. The Hall–Kier alpha value is -2.64. The number of nitrogens with one attached hydrogen (secondary N) is 2. The van der Waals surface area contributed by atoms with E-state index in [0.717, 1.165) is 41.6 Å². The number of aromatic nitrogens is 3. The van der Waals surface area contributed by atoms with E-state index >= 15 is 0 Å². The van der Waals surface area contributed by atoms with Gasteiger partial charge in [-0.25, -0.2) is 9.67 Å². The van der Waals surface area contributed by atoms with E-state index in [1.165, 1.54) is 0 Å². The number of nitrogens with zero attached hydrogens (tertiary/aromatic N) is 3. The lowest BCUT2D eigenvalue weighted by Crippen LogP contribution is -2.44. The topological polar surface area (TPSA) is 98.1 Å². The second-order valence-electron chi connectivity index (χ2n) is 8.29. The quantitative estimate of drug-likeness (QED) is 0.773. The van der Waals surface area contributed by atoms with Crippen LogP contribution in [0.15, 0.2) is 6.07 Å². The molecule has 2 aromatic rings. The minimum absolute atomic E-state index is 0.00529. The van der Waals surface area contributed by atoms with Crippen LogP contribution in [0.5, 0.6) is 5.88 Å². The van der Waals surface area contributed by atoms with E-state index < -0.39 is 0 Å². The van der Waals surface area contributed by atoms with E-state index in [9.17, 15) is 9.59 Å². The van der Waals surface area contributed by atoms with Gasteiger partial charge in [-0.3, -0.25) is 9.59 Å². The lowest BCUT2D eigenvalue weighted by Gasteiger charge is -2.29. The van der Waals surface area contributed by atoms with Crippen molar-refractivity contribution >= 4 is 22.8 Å². The maximum absolute atomic E-state index is 12.4. The van der Waals surface area contributed by atoms with Crippen molar-refractivity contribution in [1.29, 1.82) is 0 Å². The number of amides is 2. The second-order valence-corrected chi connectivity index (χ2v) is 8.29. The molecule has 2 heterocycles. The van der Waals surface area contributed by atoms with Gasteiger partial charge in [-0.2, -0.15) is 0 Å². The summed E-state index contributed by atoms with van der Waals surface area (Å²) in [5, 5.41) is 11.2. The van der Waals surface area contributed by atoms with Gasteiger partial charge in [-0.05, 0) is 58.6 Å². The van der Waals surface area contributed by atoms with E-state index in [-0.39, 0.29) is 36.4 Å². The molecule has 1 aliphatic rings. The molecule has 8 heteroatoms. The molecule has 0 aliphatic heterocycles. The average Bonchev–Trinajstić information content (AvgIpc) is 2.96. The van der Waals surface area contributed by atoms with Crippen LogP contribution in [0.2, 0.25) is 0 Å². The highest BCUT2D eigenvalue weighted by molar-refractivity contribution is 5.86. The number of carbonyl (C=O) groups is 2. The summed E-state index contributed by atoms with van der Waals surface area (Å²) in [6.45, 7) is 7.72. The first-order chi connectivity index (χ1) is 13.7. The maximum atomic E-state index is 12.4. The molecule has 3 rings (SSSR count). The number of pyridine rings is 1. The average molecular weight is 402 g/mol. The molecule has 29 heavy (non-hydrogen) atoms. The van der Waals surface area contributed by atoms with Gasteiger partial charge in [0.2, 0.25) is 11.8 Å². The van der Waals surface area contributed by atoms with Crippen LogP contribution < -0.4 is 15.4 Å². The van der Waals surface area contributed by atoms with Crippen LogP contribution in [-0.2, 0) is 16.6 Å². The highest BCUT2D eigenvalue weighted by atomic mass is 16.5. The molecule has 2 atom stereocenters. The molecule has 0 radical (unpaired) electrons. The fourth-order valence-electron chi connectivity index (χ4n) is 4.01. The zero-order valence-electron chi connectivity index (χ0n) is 17.9. The van der Waals surface area contributed by atoms with Crippen molar-refractivity contribution in [3.05, 3.63) is 17.3 Å². The Bertz CT molecular complexity index is 905. The molecule has 0 saturated heterocycles. The van der Waals surface area contributed by atoms with Crippen LogP contribution in [0.25, 0.3) is 11.0 Å². The molecule has 158 valence electrons.